The van der Waals surface area contributed by atoms with Crippen molar-refractivity contribution in [2.75, 3.05) is 39.0 Å². The number of aliphatic imine (C=N–C) groups is 1. The van der Waals surface area contributed by atoms with Crippen LogP contribution in [0.15, 0.2) is 47.6 Å². The van der Waals surface area contributed by atoms with Crippen molar-refractivity contribution >= 4 is 17.4 Å². The fourth-order valence-electron chi connectivity index (χ4n) is 5.96. The van der Waals surface area contributed by atoms with Gasteiger partial charge in [-0.1, -0.05) is 24.3 Å². The van der Waals surface area contributed by atoms with Crippen LogP contribution in [0.25, 0.3) is 0 Å². The molecule has 3 heterocycles. The monoisotopic (exact) mass is 431 g/mol. The minimum atomic E-state index is 0.159. The van der Waals surface area contributed by atoms with E-state index >= 15 is 0 Å². The van der Waals surface area contributed by atoms with Crippen molar-refractivity contribution < 1.29 is 4.79 Å². The van der Waals surface area contributed by atoms with E-state index in [1.165, 1.54) is 22.4 Å². The van der Waals surface area contributed by atoms with Crippen molar-refractivity contribution in [3.63, 3.8) is 0 Å². The first kappa shape index (κ1) is 21.1. The van der Waals surface area contributed by atoms with Gasteiger partial charge < -0.3 is 10.6 Å². The third-order valence-electron chi connectivity index (χ3n) is 7.81. The van der Waals surface area contributed by atoms with Gasteiger partial charge in [-0.25, -0.2) is 4.98 Å². The number of anilines is 1. The lowest BCUT2D eigenvalue weighted by molar-refractivity contribution is -0.138. The predicted molar refractivity (Wildman–Crippen MR) is 128 cm³/mol. The Morgan fingerprint density at radius 1 is 1.16 bits per heavy atom. The molecule has 5 rings (SSSR count). The molecule has 2 aliphatic heterocycles. The Kier molecular flexibility index (Phi) is 5.72. The number of piperidine rings is 2. The standard InChI is InChI=1S/C26H33N5O/c1-28-23-17-26(22-5-3-2-4-21(22)23)9-14-31(15-10-26)25(32)20-7-12-30(13-8-20)18-19-6-11-29-24(27)16-19/h2-6,11,16,20H,7-10,12-15,17-18H2,1H3,(H2,27,29)/b28-23+. The van der Waals surface area contributed by atoms with Crippen LogP contribution in [0.4, 0.5) is 5.82 Å². The van der Waals surface area contributed by atoms with E-state index in [1.54, 1.807) is 6.20 Å². The van der Waals surface area contributed by atoms with E-state index in [9.17, 15) is 4.79 Å². The molecule has 32 heavy (non-hydrogen) atoms. The largest absolute Gasteiger partial charge is 0.384 e. The van der Waals surface area contributed by atoms with E-state index in [2.05, 4.69) is 44.0 Å². The summed E-state index contributed by atoms with van der Waals surface area (Å²) in [6.45, 7) is 4.52. The molecule has 168 valence electrons. The van der Waals surface area contributed by atoms with Gasteiger partial charge in [-0.05, 0) is 74.0 Å². The Morgan fingerprint density at radius 2 is 1.91 bits per heavy atom. The molecule has 2 N–H and O–H groups in total. The van der Waals surface area contributed by atoms with E-state index in [-0.39, 0.29) is 11.3 Å². The Bertz CT molecular complexity index is 1020. The number of benzene rings is 1. The van der Waals surface area contributed by atoms with E-state index in [4.69, 9.17) is 5.73 Å². The summed E-state index contributed by atoms with van der Waals surface area (Å²) in [6, 6.07) is 12.7. The van der Waals surface area contributed by atoms with Gasteiger partial charge in [0, 0.05) is 49.9 Å². The maximum absolute atomic E-state index is 13.3. The van der Waals surface area contributed by atoms with Crippen LogP contribution in [0.5, 0.6) is 0 Å². The minimum Gasteiger partial charge on any atom is -0.384 e. The lowest BCUT2D eigenvalue weighted by Gasteiger charge is -2.42. The highest BCUT2D eigenvalue weighted by Crippen LogP contribution is 2.46. The fourth-order valence-corrected chi connectivity index (χ4v) is 5.96. The third-order valence-corrected chi connectivity index (χ3v) is 7.81. The van der Waals surface area contributed by atoms with Gasteiger partial charge in [0.2, 0.25) is 5.91 Å². The third kappa shape index (κ3) is 3.92. The molecular formula is C26H33N5O. The van der Waals surface area contributed by atoms with Gasteiger partial charge in [-0.3, -0.25) is 14.7 Å². The van der Waals surface area contributed by atoms with Gasteiger partial charge in [0.25, 0.3) is 0 Å². The van der Waals surface area contributed by atoms with E-state index in [0.29, 0.717) is 11.7 Å². The molecule has 3 aliphatic rings. The highest BCUT2D eigenvalue weighted by Gasteiger charge is 2.45. The smallest absolute Gasteiger partial charge is 0.225 e. The highest BCUT2D eigenvalue weighted by molar-refractivity contribution is 6.06. The van der Waals surface area contributed by atoms with Crippen molar-refractivity contribution in [1.82, 2.24) is 14.8 Å². The molecule has 0 bridgehead atoms. The molecule has 1 amide bonds. The number of likely N-dealkylation sites (tertiary alicyclic amines) is 2. The maximum atomic E-state index is 13.3. The van der Waals surface area contributed by atoms with Gasteiger partial charge in [0.05, 0.1) is 0 Å². The zero-order valence-corrected chi connectivity index (χ0v) is 19.0. The van der Waals surface area contributed by atoms with E-state index in [1.807, 2.05) is 19.2 Å². The molecule has 0 unspecified atom stereocenters. The topological polar surface area (TPSA) is 74.8 Å². The minimum absolute atomic E-state index is 0.159. The average Bonchev–Trinajstić information content (AvgIpc) is 3.13. The molecular weight excluding hydrogens is 398 g/mol. The fraction of sp³-hybridized carbons (Fsp3) is 0.500. The van der Waals surface area contributed by atoms with Crippen LogP contribution in [-0.4, -0.2) is 59.6 Å². The number of rotatable bonds is 3. The van der Waals surface area contributed by atoms with Crippen molar-refractivity contribution in [3.8, 4) is 0 Å². The SMILES string of the molecule is C/N=C1\CC2(CCN(C(=O)C3CCN(Cc4ccnc(N)c4)CC3)CC2)c2ccccc21. The zero-order valence-electron chi connectivity index (χ0n) is 19.0. The van der Waals surface area contributed by atoms with Crippen LogP contribution in [0.3, 0.4) is 0 Å². The lowest BCUT2D eigenvalue weighted by atomic mass is 9.73. The zero-order chi connectivity index (χ0) is 22.1. The van der Waals surface area contributed by atoms with Crippen molar-refractivity contribution in [3.05, 3.63) is 59.3 Å². The van der Waals surface area contributed by atoms with Crippen LogP contribution in [0, 0.1) is 5.92 Å². The molecule has 6 nitrogen and oxygen atoms in total. The predicted octanol–water partition coefficient (Wildman–Crippen LogP) is 3.26. The van der Waals surface area contributed by atoms with Crippen molar-refractivity contribution in [2.45, 2.75) is 44.1 Å². The Hall–Kier alpha value is -2.73. The van der Waals surface area contributed by atoms with Crippen LogP contribution < -0.4 is 5.73 Å². The molecule has 2 saturated heterocycles. The number of hydrogen-bond donors (Lipinski definition) is 1. The first-order valence-corrected chi connectivity index (χ1v) is 11.8. The first-order valence-electron chi connectivity index (χ1n) is 11.8. The maximum Gasteiger partial charge on any atom is 0.225 e. The van der Waals surface area contributed by atoms with Crippen LogP contribution >= 0.6 is 0 Å². The van der Waals surface area contributed by atoms with Gasteiger partial charge in [0.1, 0.15) is 5.82 Å². The summed E-state index contributed by atoms with van der Waals surface area (Å²) < 4.78 is 0. The average molecular weight is 432 g/mol. The molecule has 0 atom stereocenters. The Morgan fingerprint density at radius 3 is 2.62 bits per heavy atom. The van der Waals surface area contributed by atoms with Crippen molar-refractivity contribution in [1.29, 1.82) is 0 Å². The summed E-state index contributed by atoms with van der Waals surface area (Å²) in [5.74, 6) is 1.09. The van der Waals surface area contributed by atoms with E-state index < -0.39 is 0 Å². The summed E-state index contributed by atoms with van der Waals surface area (Å²) in [5, 5.41) is 0. The summed E-state index contributed by atoms with van der Waals surface area (Å²) in [5.41, 5.74) is 11.1. The van der Waals surface area contributed by atoms with Crippen LogP contribution in [-0.2, 0) is 16.8 Å². The molecule has 2 fully saturated rings. The van der Waals surface area contributed by atoms with E-state index in [0.717, 1.165) is 64.8 Å². The van der Waals surface area contributed by atoms with Gasteiger partial charge in [0.15, 0.2) is 0 Å². The molecule has 0 saturated carbocycles. The second kappa shape index (κ2) is 8.66. The Labute approximate surface area is 190 Å². The molecule has 1 aromatic heterocycles. The number of nitrogens with two attached hydrogens (primary N) is 1. The van der Waals surface area contributed by atoms with Crippen molar-refractivity contribution in [2.24, 2.45) is 10.9 Å². The second-order valence-corrected chi connectivity index (χ2v) is 9.64. The number of hydrogen-bond acceptors (Lipinski definition) is 5. The number of pyridine rings is 1. The number of carbonyl (C=O) groups is 1. The van der Waals surface area contributed by atoms with Crippen LogP contribution in [0.2, 0.25) is 0 Å². The summed E-state index contributed by atoms with van der Waals surface area (Å²) in [7, 11) is 1.90. The molecule has 1 aliphatic carbocycles. The number of nitrogens with zero attached hydrogens (tertiary/aromatic N) is 4. The first-order chi connectivity index (χ1) is 15.6. The van der Waals surface area contributed by atoms with Gasteiger partial charge >= 0.3 is 0 Å². The number of fused-ring (bicyclic) bond motifs is 2. The number of aromatic nitrogens is 1. The molecule has 2 aromatic rings. The van der Waals surface area contributed by atoms with Gasteiger partial charge in [-0.15, -0.1) is 0 Å². The highest BCUT2D eigenvalue weighted by atomic mass is 16.2. The number of carbonyl (C=O) groups excluding carboxylic acids is 1. The lowest BCUT2D eigenvalue weighted by Crippen LogP contribution is -2.48. The second-order valence-electron chi connectivity index (χ2n) is 9.64. The quantitative estimate of drug-likeness (QED) is 0.809. The van der Waals surface area contributed by atoms with Crippen LogP contribution in [0.1, 0.15) is 48.8 Å². The summed E-state index contributed by atoms with van der Waals surface area (Å²) in [6.07, 6.45) is 6.74. The summed E-state index contributed by atoms with van der Waals surface area (Å²) >= 11 is 0. The molecule has 6 heteroatoms. The molecule has 1 aromatic carbocycles. The molecule has 0 radical (unpaired) electrons. The van der Waals surface area contributed by atoms with Gasteiger partial charge in [-0.2, -0.15) is 0 Å². The number of nitrogen functional groups attached to an aromatic ring is 1. The normalized spacial score (nSPS) is 22.4. The Balaban J connectivity index is 1.17. The molecule has 1 spiro atoms. The number of amides is 1. The summed E-state index contributed by atoms with van der Waals surface area (Å²) in [4.78, 5) is 26.5.